The fraction of sp³-hybridized carbons (Fsp3) is 0.400. The molecule has 0 aliphatic heterocycles. The van der Waals surface area contributed by atoms with Gasteiger partial charge in [0.25, 0.3) is 5.91 Å². The summed E-state index contributed by atoms with van der Waals surface area (Å²) < 4.78 is 1.79. The molecule has 1 heterocycles. The predicted molar refractivity (Wildman–Crippen MR) is 58.4 cm³/mol. The first-order valence-corrected chi connectivity index (χ1v) is 4.82. The normalized spacial score (nSPS) is 12.1. The third-order valence-electron chi connectivity index (χ3n) is 1.97. The van der Waals surface area contributed by atoms with Crippen molar-refractivity contribution in [2.75, 3.05) is 6.54 Å². The Morgan fingerprint density at radius 2 is 2.60 bits per heavy atom. The van der Waals surface area contributed by atoms with E-state index in [1.54, 1.807) is 23.2 Å². The third-order valence-corrected chi connectivity index (χ3v) is 1.97. The fourth-order valence-electron chi connectivity index (χ4n) is 1.09. The van der Waals surface area contributed by atoms with Crippen molar-refractivity contribution in [2.45, 2.75) is 19.5 Å². The standard InChI is InChI=1S/C10H16N4O/c1-3-8(2)13-10(15)9-6-14(5-4-11)7-12-9/h3,6-8H,1,4-5,11H2,2H3,(H,13,15). The van der Waals surface area contributed by atoms with Gasteiger partial charge in [-0.3, -0.25) is 4.79 Å². The van der Waals surface area contributed by atoms with Gasteiger partial charge in [-0.1, -0.05) is 6.08 Å². The van der Waals surface area contributed by atoms with Crippen LogP contribution in [0.25, 0.3) is 0 Å². The molecule has 0 fully saturated rings. The minimum atomic E-state index is -0.196. The molecule has 5 heteroatoms. The Labute approximate surface area is 89.0 Å². The molecule has 1 aromatic rings. The third kappa shape index (κ3) is 3.21. The number of nitrogens with one attached hydrogen (secondary N) is 1. The van der Waals surface area contributed by atoms with Crippen molar-refractivity contribution in [1.29, 1.82) is 0 Å². The molecule has 1 amide bonds. The lowest BCUT2D eigenvalue weighted by molar-refractivity contribution is 0.0942. The van der Waals surface area contributed by atoms with Crippen molar-refractivity contribution < 1.29 is 4.79 Å². The largest absolute Gasteiger partial charge is 0.345 e. The van der Waals surface area contributed by atoms with Crippen molar-refractivity contribution in [3.8, 4) is 0 Å². The molecule has 0 aliphatic rings. The molecule has 0 aromatic carbocycles. The van der Waals surface area contributed by atoms with Crippen LogP contribution in [0.3, 0.4) is 0 Å². The van der Waals surface area contributed by atoms with Crippen LogP contribution >= 0.6 is 0 Å². The summed E-state index contributed by atoms with van der Waals surface area (Å²) in [5.74, 6) is -0.196. The topological polar surface area (TPSA) is 72.9 Å². The number of nitrogens with two attached hydrogens (primary N) is 1. The van der Waals surface area contributed by atoms with Crippen LogP contribution in [0.1, 0.15) is 17.4 Å². The first-order valence-electron chi connectivity index (χ1n) is 4.82. The molecule has 0 saturated heterocycles. The second-order valence-corrected chi connectivity index (χ2v) is 3.28. The molecule has 0 aliphatic carbocycles. The number of hydrogen-bond donors (Lipinski definition) is 2. The summed E-state index contributed by atoms with van der Waals surface area (Å²) in [6.07, 6.45) is 4.94. The van der Waals surface area contributed by atoms with E-state index in [0.717, 1.165) is 0 Å². The molecule has 0 bridgehead atoms. The SMILES string of the molecule is C=CC(C)NC(=O)c1cn(CCN)cn1. The van der Waals surface area contributed by atoms with Crippen LogP contribution in [-0.4, -0.2) is 28.0 Å². The number of carbonyl (C=O) groups is 1. The average Bonchev–Trinajstić information content (AvgIpc) is 2.67. The van der Waals surface area contributed by atoms with Crippen LogP contribution in [0.2, 0.25) is 0 Å². The van der Waals surface area contributed by atoms with Crippen LogP contribution in [0.15, 0.2) is 25.2 Å². The number of hydrogen-bond acceptors (Lipinski definition) is 3. The van der Waals surface area contributed by atoms with E-state index in [4.69, 9.17) is 5.73 Å². The van der Waals surface area contributed by atoms with Gasteiger partial charge in [0.05, 0.1) is 6.33 Å². The molecule has 82 valence electrons. The maximum atomic E-state index is 11.6. The smallest absolute Gasteiger partial charge is 0.271 e. The van der Waals surface area contributed by atoms with Crippen LogP contribution < -0.4 is 11.1 Å². The zero-order valence-electron chi connectivity index (χ0n) is 8.81. The monoisotopic (exact) mass is 208 g/mol. The lowest BCUT2D eigenvalue weighted by Crippen LogP contribution is -2.31. The molecule has 3 N–H and O–H groups in total. The summed E-state index contributed by atoms with van der Waals surface area (Å²) in [5, 5.41) is 2.74. The molecule has 1 unspecified atom stereocenters. The van der Waals surface area contributed by atoms with Crippen molar-refractivity contribution in [1.82, 2.24) is 14.9 Å². The van der Waals surface area contributed by atoms with E-state index in [9.17, 15) is 4.79 Å². The quantitative estimate of drug-likeness (QED) is 0.676. The number of aromatic nitrogens is 2. The Balaban J connectivity index is 2.61. The van der Waals surface area contributed by atoms with E-state index in [0.29, 0.717) is 18.8 Å². The van der Waals surface area contributed by atoms with Gasteiger partial charge in [-0.15, -0.1) is 6.58 Å². The molecule has 1 atom stereocenters. The van der Waals surface area contributed by atoms with Gasteiger partial charge >= 0.3 is 0 Å². The minimum absolute atomic E-state index is 0.0582. The van der Waals surface area contributed by atoms with Crippen LogP contribution in [-0.2, 0) is 6.54 Å². The minimum Gasteiger partial charge on any atom is -0.345 e. The van der Waals surface area contributed by atoms with Crippen molar-refractivity contribution >= 4 is 5.91 Å². The summed E-state index contributed by atoms with van der Waals surface area (Å²) in [5.41, 5.74) is 5.79. The Kier molecular flexibility index (Phi) is 4.05. The Morgan fingerprint density at radius 1 is 1.87 bits per heavy atom. The highest BCUT2D eigenvalue weighted by molar-refractivity contribution is 5.92. The molecule has 0 spiro atoms. The Hall–Kier alpha value is -1.62. The molecule has 0 radical (unpaired) electrons. The number of rotatable bonds is 5. The van der Waals surface area contributed by atoms with Gasteiger partial charge in [0.15, 0.2) is 0 Å². The maximum Gasteiger partial charge on any atom is 0.271 e. The number of imidazole rings is 1. The lowest BCUT2D eigenvalue weighted by atomic mass is 10.3. The lowest BCUT2D eigenvalue weighted by Gasteiger charge is -2.06. The fourth-order valence-corrected chi connectivity index (χ4v) is 1.09. The summed E-state index contributed by atoms with van der Waals surface area (Å²) in [6.45, 7) is 6.63. The van der Waals surface area contributed by atoms with Gasteiger partial charge in [-0.2, -0.15) is 0 Å². The zero-order chi connectivity index (χ0) is 11.3. The van der Waals surface area contributed by atoms with Crippen molar-refractivity contribution in [2.24, 2.45) is 5.73 Å². The van der Waals surface area contributed by atoms with Gasteiger partial charge in [-0.05, 0) is 6.92 Å². The van der Waals surface area contributed by atoms with Gasteiger partial charge in [0.2, 0.25) is 0 Å². The van der Waals surface area contributed by atoms with E-state index in [2.05, 4.69) is 16.9 Å². The van der Waals surface area contributed by atoms with Gasteiger partial charge in [0.1, 0.15) is 5.69 Å². The molecular weight excluding hydrogens is 192 g/mol. The van der Waals surface area contributed by atoms with Crippen molar-refractivity contribution in [3.05, 3.63) is 30.9 Å². The average molecular weight is 208 g/mol. The van der Waals surface area contributed by atoms with E-state index < -0.39 is 0 Å². The van der Waals surface area contributed by atoms with Gasteiger partial charge in [0, 0.05) is 25.3 Å². The molecule has 1 rings (SSSR count). The zero-order valence-corrected chi connectivity index (χ0v) is 8.81. The Bertz CT molecular complexity index is 345. The highest BCUT2D eigenvalue weighted by Gasteiger charge is 2.10. The highest BCUT2D eigenvalue weighted by atomic mass is 16.1. The first kappa shape index (κ1) is 11.5. The predicted octanol–water partition coefficient (Wildman–Crippen LogP) is 0.146. The summed E-state index contributed by atoms with van der Waals surface area (Å²) in [4.78, 5) is 15.5. The molecule has 1 aromatic heterocycles. The van der Waals surface area contributed by atoms with Crippen LogP contribution in [0.4, 0.5) is 0 Å². The number of carbonyl (C=O) groups excluding carboxylic acids is 1. The van der Waals surface area contributed by atoms with E-state index in [1.165, 1.54) is 0 Å². The molecule has 15 heavy (non-hydrogen) atoms. The van der Waals surface area contributed by atoms with E-state index in [-0.39, 0.29) is 11.9 Å². The maximum absolute atomic E-state index is 11.6. The second-order valence-electron chi connectivity index (χ2n) is 3.28. The summed E-state index contributed by atoms with van der Waals surface area (Å²) in [6, 6.07) is -0.0582. The van der Waals surface area contributed by atoms with E-state index in [1.807, 2.05) is 6.92 Å². The highest BCUT2D eigenvalue weighted by Crippen LogP contribution is 1.97. The van der Waals surface area contributed by atoms with Crippen molar-refractivity contribution in [3.63, 3.8) is 0 Å². The summed E-state index contributed by atoms with van der Waals surface area (Å²) >= 11 is 0. The molecule has 0 saturated carbocycles. The number of amides is 1. The summed E-state index contributed by atoms with van der Waals surface area (Å²) in [7, 11) is 0. The van der Waals surface area contributed by atoms with E-state index >= 15 is 0 Å². The first-order chi connectivity index (χ1) is 7.17. The van der Waals surface area contributed by atoms with Crippen LogP contribution in [0.5, 0.6) is 0 Å². The van der Waals surface area contributed by atoms with Gasteiger partial charge in [-0.25, -0.2) is 4.98 Å². The second kappa shape index (κ2) is 5.31. The molecule has 5 nitrogen and oxygen atoms in total. The Morgan fingerprint density at radius 3 is 3.20 bits per heavy atom. The van der Waals surface area contributed by atoms with Gasteiger partial charge < -0.3 is 15.6 Å². The van der Waals surface area contributed by atoms with Crippen LogP contribution in [0, 0.1) is 0 Å². The number of nitrogens with zero attached hydrogens (tertiary/aromatic N) is 2. The molecular formula is C10H16N4O.